The standard InChI is InChI=1S/C10H21Br/c1-6-8(2)9(3)10(4,5)7-11/h8-9H,6-7H2,1-5H3. The summed E-state index contributed by atoms with van der Waals surface area (Å²) in [5.41, 5.74) is 0.440. The molecule has 0 aromatic carbocycles. The highest BCUT2D eigenvalue weighted by atomic mass is 79.9. The van der Waals surface area contributed by atoms with E-state index in [0.717, 1.165) is 17.2 Å². The van der Waals surface area contributed by atoms with Crippen LogP contribution in [-0.2, 0) is 0 Å². The van der Waals surface area contributed by atoms with E-state index in [1.807, 2.05) is 0 Å². The maximum atomic E-state index is 3.57. The summed E-state index contributed by atoms with van der Waals surface area (Å²) in [7, 11) is 0. The van der Waals surface area contributed by atoms with Gasteiger partial charge in [-0.25, -0.2) is 0 Å². The Hall–Kier alpha value is 0.480. The predicted octanol–water partition coefficient (Wildman–Crippen LogP) is 4.09. The summed E-state index contributed by atoms with van der Waals surface area (Å²) in [6.07, 6.45) is 1.29. The summed E-state index contributed by atoms with van der Waals surface area (Å²) in [4.78, 5) is 0. The Morgan fingerprint density at radius 3 is 2.00 bits per heavy atom. The van der Waals surface area contributed by atoms with Crippen molar-refractivity contribution in [3.63, 3.8) is 0 Å². The highest BCUT2D eigenvalue weighted by Crippen LogP contribution is 2.34. The second-order valence-corrected chi connectivity index (χ2v) is 4.86. The molecule has 0 radical (unpaired) electrons. The zero-order chi connectivity index (χ0) is 9.07. The Bertz CT molecular complexity index is 107. The molecular weight excluding hydrogens is 200 g/mol. The van der Waals surface area contributed by atoms with Gasteiger partial charge in [0.1, 0.15) is 0 Å². The summed E-state index contributed by atoms with van der Waals surface area (Å²) in [6.45, 7) is 11.6. The number of rotatable bonds is 4. The molecule has 2 atom stereocenters. The molecule has 0 N–H and O–H groups in total. The van der Waals surface area contributed by atoms with Gasteiger partial charge in [0.2, 0.25) is 0 Å². The lowest BCUT2D eigenvalue weighted by molar-refractivity contribution is 0.191. The van der Waals surface area contributed by atoms with Crippen molar-refractivity contribution in [3.8, 4) is 0 Å². The minimum Gasteiger partial charge on any atom is -0.0922 e. The molecule has 0 bridgehead atoms. The molecule has 0 nitrogen and oxygen atoms in total. The van der Waals surface area contributed by atoms with Crippen molar-refractivity contribution in [2.75, 3.05) is 5.33 Å². The largest absolute Gasteiger partial charge is 0.0922 e. The molecule has 0 saturated heterocycles. The second-order valence-electron chi connectivity index (χ2n) is 4.30. The van der Waals surface area contributed by atoms with Crippen molar-refractivity contribution in [2.24, 2.45) is 17.3 Å². The van der Waals surface area contributed by atoms with Crippen LogP contribution in [0.5, 0.6) is 0 Å². The van der Waals surface area contributed by atoms with Gasteiger partial charge in [-0.05, 0) is 17.3 Å². The van der Waals surface area contributed by atoms with E-state index < -0.39 is 0 Å². The third kappa shape index (κ3) is 3.14. The third-order valence-electron chi connectivity index (χ3n) is 3.07. The topological polar surface area (TPSA) is 0 Å². The van der Waals surface area contributed by atoms with Crippen LogP contribution in [0.25, 0.3) is 0 Å². The van der Waals surface area contributed by atoms with Gasteiger partial charge >= 0.3 is 0 Å². The first kappa shape index (κ1) is 11.5. The number of hydrogen-bond acceptors (Lipinski definition) is 0. The zero-order valence-corrected chi connectivity index (χ0v) is 10.0. The van der Waals surface area contributed by atoms with Gasteiger partial charge in [-0.1, -0.05) is 57.0 Å². The minimum atomic E-state index is 0.440. The van der Waals surface area contributed by atoms with Crippen LogP contribution in [0.4, 0.5) is 0 Å². The monoisotopic (exact) mass is 220 g/mol. The average Bonchev–Trinajstić information content (AvgIpc) is 2.01. The number of halogens is 1. The maximum absolute atomic E-state index is 3.57. The zero-order valence-electron chi connectivity index (χ0n) is 8.45. The summed E-state index contributed by atoms with van der Waals surface area (Å²) in [5, 5.41) is 1.10. The van der Waals surface area contributed by atoms with Gasteiger partial charge in [0.25, 0.3) is 0 Å². The lowest BCUT2D eigenvalue weighted by Gasteiger charge is -2.34. The molecule has 0 aliphatic rings. The molecule has 0 heterocycles. The van der Waals surface area contributed by atoms with E-state index in [0.29, 0.717) is 5.41 Å². The quantitative estimate of drug-likeness (QED) is 0.627. The van der Waals surface area contributed by atoms with E-state index in [9.17, 15) is 0 Å². The van der Waals surface area contributed by atoms with E-state index in [1.165, 1.54) is 6.42 Å². The first-order valence-corrected chi connectivity index (χ1v) is 5.63. The highest BCUT2D eigenvalue weighted by Gasteiger charge is 2.27. The van der Waals surface area contributed by atoms with Crippen molar-refractivity contribution >= 4 is 15.9 Å². The molecule has 1 heteroatoms. The molecule has 0 aromatic heterocycles. The number of alkyl halides is 1. The van der Waals surface area contributed by atoms with Crippen LogP contribution >= 0.6 is 15.9 Å². The summed E-state index contributed by atoms with van der Waals surface area (Å²) >= 11 is 3.57. The maximum Gasteiger partial charge on any atom is 0.00853 e. The Morgan fingerprint density at radius 1 is 1.27 bits per heavy atom. The molecule has 0 aliphatic carbocycles. The van der Waals surface area contributed by atoms with Crippen molar-refractivity contribution in [1.29, 1.82) is 0 Å². The summed E-state index contributed by atoms with van der Waals surface area (Å²) in [5.74, 6) is 1.63. The molecule has 0 aromatic rings. The Kier molecular flexibility index (Phi) is 4.69. The second kappa shape index (κ2) is 4.49. The lowest BCUT2D eigenvalue weighted by Crippen LogP contribution is -2.28. The average molecular weight is 221 g/mol. The fourth-order valence-electron chi connectivity index (χ4n) is 1.25. The molecule has 0 fully saturated rings. The third-order valence-corrected chi connectivity index (χ3v) is 4.52. The smallest absolute Gasteiger partial charge is 0.00853 e. The van der Waals surface area contributed by atoms with E-state index in [2.05, 4.69) is 50.5 Å². The lowest BCUT2D eigenvalue weighted by atomic mass is 9.74. The Labute approximate surface area is 79.9 Å². The van der Waals surface area contributed by atoms with Crippen molar-refractivity contribution in [1.82, 2.24) is 0 Å². The van der Waals surface area contributed by atoms with Crippen molar-refractivity contribution in [2.45, 2.75) is 41.0 Å². The van der Waals surface area contributed by atoms with Gasteiger partial charge in [0, 0.05) is 5.33 Å². The summed E-state index contributed by atoms with van der Waals surface area (Å²) in [6, 6.07) is 0. The first-order chi connectivity index (χ1) is 4.95. The predicted molar refractivity (Wildman–Crippen MR) is 56.2 cm³/mol. The van der Waals surface area contributed by atoms with Gasteiger partial charge in [-0.3, -0.25) is 0 Å². The molecule has 0 rings (SSSR count). The van der Waals surface area contributed by atoms with Crippen LogP contribution in [0.15, 0.2) is 0 Å². The first-order valence-electron chi connectivity index (χ1n) is 4.51. The molecule has 0 spiro atoms. The molecule has 68 valence electrons. The fourth-order valence-corrected chi connectivity index (χ4v) is 1.76. The highest BCUT2D eigenvalue weighted by molar-refractivity contribution is 9.09. The molecular formula is C10H21Br. The Balaban J connectivity index is 4.10. The SMILES string of the molecule is CCC(C)C(C)C(C)(C)CBr. The van der Waals surface area contributed by atoms with Gasteiger partial charge < -0.3 is 0 Å². The summed E-state index contributed by atoms with van der Waals surface area (Å²) < 4.78 is 0. The van der Waals surface area contributed by atoms with Gasteiger partial charge in [0.15, 0.2) is 0 Å². The molecule has 0 aliphatic heterocycles. The Morgan fingerprint density at radius 2 is 1.73 bits per heavy atom. The van der Waals surface area contributed by atoms with Crippen LogP contribution < -0.4 is 0 Å². The van der Waals surface area contributed by atoms with Crippen LogP contribution in [0, 0.1) is 17.3 Å². The van der Waals surface area contributed by atoms with Crippen LogP contribution in [-0.4, -0.2) is 5.33 Å². The van der Waals surface area contributed by atoms with Crippen LogP contribution in [0.2, 0.25) is 0 Å². The van der Waals surface area contributed by atoms with Crippen molar-refractivity contribution in [3.05, 3.63) is 0 Å². The molecule has 2 unspecified atom stereocenters. The van der Waals surface area contributed by atoms with Crippen LogP contribution in [0.3, 0.4) is 0 Å². The van der Waals surface area contributed by atoms with Crippen LogP contribution in [0.1, 0.15) is 41.0 Å². The van der Waals surface area contributed by atoms with E-state index in [-0.39, 0.29) is 0 Å². The fraction of sp³-hybridized carbons (Fsp3) is 1.00. The van der Waals surface area contributed by atoms with Gasteiger partial charge in [-0.2, -0.15) is 0 Å². The van der Waals surface area contributed by atoms with E-state index in [1.54, 1.807) is 0 Å². The van der Waals surface area contributed by atoms with E-state index in [4.69, 9.17) is 0 Å². The van der Waals surface area contributed by atoms with Crippen molar-refractivity contribution < 1.29 is 0 Å². The molecule has 11 heavy (non-hydrogen) atoms. The normalized spacial score (nSPS) is 18.0. The molecule has 0 saturated carbocycles. The molecule has 0 amide bonds. The number of hydrogen-bond donors (Lipinski definition) is 0. The van der Waals surface area contributed by atoms with Gasteiger partial charge in [0.05, 0.1) is 0 Å². The van der Waals surface area contributed by atoms with Gasteiger partial charge in [-0.15, -0.1) is 0 Å². The van der Waals surface area contributed by atoms with E-state index >= 15 is 0 Å². The minimum absolute atomic E-state index is 0.440.